The van der Waals surface area contributed by atoms with E-state index in [0.717, 1.165) is 34.2 Å². The van der Waals surface area contributed by atoms with Gasteiger partial charge >= 0.3 is 12.1 Å². The number of carboxylic acid groups (broad SMARTS) is 1. The standard InChI is InChI=1S/C31H32N2O6/c1-20(38-18-21-10-3-2-4-11-21)27(28(34)35)32-29(36)31(16-9-17-31)33-30(37)39-19-26-24-14-7-5-12-22(24)23-13-6-8-15-25(23)26/h2-8,10-15,20,26-27H,9,16-19H2,1H3,(H,32,36)(H,33,37)(H,34,35)/t20-,27+/m1/s1. The number of rotatable bonds is 10. The number of carbonyl (C=O) groups excluding carboxylic acids is 2. The number of hydrogen-bond acceptors (Lipinski definition) is 5. The van der Waals surface area contributed by atoms with Crippen LogP contribution in [0.25, 0.3) is 11.1 Å². The van der Waals surface area contributed by atoms with E-state index in [9.17, 15) is 19.5 Å². The van der Waals surface area contributed by atoms with Crippen molar-refractivity contribution in [2.45, 2.75) is 56.4 Å². The lowest BCUT2D eigenvalue weighted by atomic mass is 9.76. The predicted octanol–water partition coefficient (Wildman–Crippen LogP) is 4.62. The molecule has 1 saturated carbocycles. The SMILES string of the molecule is C[C@@H](OCc1ccccc1)[C@H](NC(=O)C1(NC(=O)OCC2c3ccccc3-c3ccccc32)CCC1)C(=O)O. The highest BCUT2D eigenvalue weighted by Crippen LogP contribution is 2.44. The minimum absolute atomic E-state index is 0.103. The lowest BCUT2D eigenvalue weighted by Crippen LogP contribution is -2.65. The van der Waals surface area contributed by atoms with Crippen LogP contribution in [0.4, 0.5) is 4.79 Å². The van der Waals surface area contributed by atoms with Crippen LogP contribution in [-0.4, -0.2) is 47.4 Å². The zero-order chi connectivity index (χ0) is 27.4. The van der Waals surface area contributed by atoms with Gasteiger partial charge in [-0.25, -0.2) is 9.59 Å². The van der Waals surface area contributed by atoms with Crippen molar-refractivity contribution in [1.29, 1.82) is 0 Å². The van der Waals surface area contributed by atoms with Crippen LogP contribution in [0.3, 0.4) is 0 Å². The average Bonchev–Trinajstić information content (AvgIpc) is 3.25. The number of nitrogens with one attached hydrogen (secondary N) is 2. The first-order valence-electron chi connectivity index (χ1n) is 13.2. The van der Waals surface area contributed by atoms with Crippen molar-refractivity contribution in [3.05, 3.63) is 95.6 Å². The monoisotopic (exact) mass is 528 g/mol. The van der Waals surface area contributed by atoms with E-state index in [2.05, 4.69) is 22.8 Å². The maximum absolute atomic E-state index is 13.3. The minimum Gasteiger partial charge on any atom is -0.480 e. The summed E-state index contributed by atoms with van der Waals surface area (Å²) in [6.45, 7) is 1.94. The molecule has 3 N–H and O–H groups in total. The lowest BCUT2D eigenvalue weighted by Gasteiger charge is -2.41. The van der Waals surface area contributed by atoms with Gasteiger partial charge in [0.05, 0.1) is 12.7 Å². The van der Waals surface area contributed by atoms with Gasteiger partial charge in [-0.3, -0.25) is 4.79 Å². The fourth-order valence-corrected chi connectivity index (χ4v) is 5.33. The Labute approximate surface area is 227 Å². The van der Waals surface area contributed by atoms with E-state index >= 15 is 0 Å². The number of carbonyl (C=O) groups is 3. The molecular weight excluding hydrogens is 496 g/mol. The van der Waals surface area contributed by atoms with Crippen molar-refractivity contribution in [2.24, 2.45) is 0 Å². The molecule has 8 heteroatoms. The first-order valence-corrected chi connectivity index (χ1v) is 13.2. The number of hydrogen-bond donors (Lipinski definition) is 3. The third kappa shape index (κ3) is 5.52. The fourth-order valence-electron chi connectivity index (χ4n) is 5.33. The molecule has 0 spiro atoms. The molecule has 2 aliphatic rings. The highest BCUT2D eigenvalue weighted by atomic mass is 16.5. The minimum atomic E-state index is -1.28. The van der Waals surface area contributed by atoms with Crippen molar-refractivity contribution >= 4 is 18.0 Å². The van der Waals surface area contributed by atoms with Crippen molar-refractivity contribution in [2.75, 3.05) is 6.61 Å². The molecule has 0 heterocycles. The summed E-state index contributed by atoms with van der Waals surface area (Å²) in [5.41, 5.74) is 4.12. The smallest absolute Gasteiger partial charge is 0.408 e. The lowest BCUT2D eigenvalue weighted by molar-refractivity contribution is -0.148. The molecular formula is C31H32N2O6. The van der Waals surface area contributed by atoms with Crippen LogP contribution in [0.5, 0.6) is 0 Å². The molecule has 2 atom stereocenters. The molecule has 202 valence electrons. The van der Waals surface area contributed by atoms with Gasteiger partial charge in [0.25, 0.3) is 0 Å². The normalized spacial score (nSPS) is 16.6. The first-order chi connectivity index (χ1) is 18.9. The third-order valence-corrected chi connectivity index (χ3v) is 7.70. The Morgan fingerprint density at radius 1 is 0.923 bits per heavy atom. The van der Waals surface area contributed by atoms with Gasteiger partial charge in [-0.05, 0) is 54.0 Å². The molecule has 8 nitrogen and oxygen atoms in total. The number of amides is 2. The fraction of sp³-hybridized carbons (Fsp3) is 0.323. The van der Waals surface area contributed by atoms with E-state index in [1.54, 1.807) is 6.92 Å². The van der Waals surface area contributed by atoms with Crippen molar-refractivity contribution in [3.8, 4) is 11.1 Å². The number of alkyl carbamates (subject to hydrolysis) is 1. The quantitative estimate of drug-likeness (QED) is 0.354. The van der Waals surface area contributed by atoms with E-state index in [1.165, 1.54) is 0 Å². The Kier molecular flexibility index (Phi) is 7.65. The number of benzene rings is 3. The van der Waals surface area contributed by atoms with Gasteiger partial charge in [0.15, 0.2) is 6.04 Å². The second-order valence-corrected chi connectivity index (χ2v) is 10.2. The molecule has 0 aliphatic heterocycles. The van der Waals surface area contributed by atoms with Crippen LogP contribution in [-0.2, 0) is 25.7 Å². The molecule has 0 radical (unpaired) electrons. The van der Waals surface area contributed by atoms with E-state index in [4.69, 9.17) is 9.47 Å². The summed E-state index contributed by atoms with van der Waals surface area (Å²) in [6.07, 6.45) is 0.0307. The van der Waals surface area contributed by atoms with Crippen LogP contribution in [0, 0.1) is 0 Å². The van der Waals surface area contributed by atoms with Gasteiger partial charge in [-0.2, -0.15) is 0 Å². The van der Waals surface area contributed by atoms with E-state index in [1.807, 2.05) is 66.7 Å². The number of aliphatic carboxylic acids is 1. The van der Waals surface area contributed by atoms with Gasteiger partial charge in [-0.15, -0.1) is 0 Å². The van der Waals surface area contributed by atoms with Gasteiger partial charge in [0, 0.05) is 5.92 Å². The van der Waals surface area contributed by atoms with E-state index in [0.29, 0.717) is 12.8 Å². The van der Waals surface area contributed by atoms with E-state index in [-0.39, 0.29) is 19.1 Å². The van der Waals surface area contributed by atoms with Crippen LogP contribution in [0.2, 0.25) is 0 Å². The molecule has 3 aromatic carbocycles. The molecule has 2 aliphatic carbocycles. The average molecular weight is 529 g/mol. The van der Waals surface area contributed by atoms with E-state index < -0.39 is 35.7 Å². The summed E-state index contributed by atoms with van der Waals surface area (Å²) in [5, 5.41) is 15.1. The Hall–Kier alpha value is -4.17. The molecule has 39 heavy (non-hydrogen) atoms. The van der Waals surface area contributed by atoms with Crippen molar-refractivity contribution in [1.82, 2.24) is 10.6 Å². The number of carboxylic acids is 1. The summed E-state index contributed by atoms with van der Waals surface area (Å²) in [7, 11) is 0. The van der Waals surface area contributed by atoms with Gasteiger partial charge in [-0.1, -0.05) is 78.9 Å². The largest absolute Gasteiger partial charge is 0.480 e. The zero-order valence-corrected chi connectivity index (χ0v) is 21.8. The summed E-state index contributed by atoms with van der Waals surface area (Å²) < 4.78 is 11.4. The predicted molar refractivity (Wildman–Crippen MR) is 145 cm³/mol. The maximum atomic E-state index is 13.3. The van der Waals surface area contributed by atoms with Crippen molar-refractivity contribution in [3.63, 3.8) is 0 Å². The zero-order valence-electron chi connectivity index (χ0n) is 21.8. The summed E-state index contributed by atoms with van der Waals surface area (Å²) >= 11 is 0. The number of ether oxygens (including phenoxy) is 2. The Balaban J connectivity index is 1.20. The molecule has 2 amide bonds. The summed E-state index contributed by atoms with van der Waals surface area (Å²) in [5.74, 6) is -1.86. The van der Waals surface area contributed by atoms with Gasteiger partial charge in [0.1, 0.15) is 12.1 Å². The van der Waals surface area contributed by atoms with Gasteiger partial charge in [0.2, 0.25) is 5.91 Å². The second kappa shape index (κ2) is 11.3. The summed E-state index contributed by atoms with van der Waals surface area (Å²) in [6, 6.07) is 24.2. The van der Waals surface area contributed by atoms with Crippen LogP contribution < -0.4 is 10.6 Å². The van der Waals surface area contributed by atoms with Gasteiger partial charge < -0.3 is 25.2 Å². The van der Waals surface area contributed by atoms with Crippen molar-refractivity contribution < 1.29 is 29.0 Å². The van der Waals surface area contributed by atoms with Crippen LogP contribution >= 0.6 is 0 Å². The Bertz CT molecular complexity index is 1310. The molecule has 5 rings (SSSR count). The maximum Gasteiger partial charge on any atom is 0.408 e. The van der Waals surface area contributed by atoms with Crippen LogP contribution in [0.1, 0.15) is 48.8 Å². The molecule has 0 bridgehead atoms. The Morgan fingerprint density at radius 2 is 1.51 bits per heavy atom. The highest BCUT2D eigenvalue weighted by Gasteiger charge is 2.47. The topological polar surface area (TPSA) is 114 Å². The number of fused-ring (bicyclic) bond motifs is 3. The second-order valence-electron chi connectivity index (χ2n) is 10.2. The molecule has 0 unspecified atom stereocenters. The molecule has 0 saturated heterocycles. The first kappa shape index (κ1) is 26.4. The summed E-state index contributed by atoms with van der Waals surface area (Å²) in [4.78, 5) is 38.1. The molecule has 0 aromatic heterocycles. The molecule has 3 aromatic rings. The van der Waals surface area contributed by atoms with Crippen LogP contribution in [0.15, 0.2) is 78.9 Å². The third-order valence-electron chi connectivity index (χ3n) is 7.70. The Morgan fingerprint density at radius 3 is 2.08 bits per heavy atom. The molecule has 1 fully saturated rings. The highest BCUT2D eigenvalue weighted by molar-refractivity contribution is 5.93.